The van der Waals surface area contributed by atoms with E-state index in [1.165, 1.54) is 12.1 Å². The second-order valence-corrected chi connectivity index (χ2v) is 5.91. The molecule has 0 radical (unpaired) electrons. The van der Waals surface area contributed by atoms with Gasteiger partial charge in [-0.3, -0.25) is 4.79 Å². The fraction of sp³-hybridized carbons (Fsp3) is 0.263. The van der Waals surface area contributed by atoms with Gasteiger partial charge in [-0.15, -0.1) is 0 Å². The maximum absolute atomic E-state index is 12.8. The summed E-state index contributed by atoms with van der Waals surface area (Å²) >= 11 is 0. The van der Waals surface area contributed by atoms with Crippen molar-refractivity contribution in [2.75, 3.05) is 13.1 Å². The number of hydrogen-bond donors (Lipinski definition) is 2. The summed E-state index contributed by atoms with van der Waals surface area (Å²) in [4.78, 5) is 16.4. The molecule has 0 spiro atoms. The molecule has 1 heterocycles. The molecule has 0 saturated heterocycles. The van der Waals surface area contributed by atoms with Crippen molar-refractivity contribution in [2.45, 2.75) is 13.0 Å². The maximum Gasteiger partial charge on any atom is 0.224 e. The van der Waals surface area contributed by atoms with Crippen LogP contribution < -0.4 is 10.6 Å². The zero-order chi connectivity index (χ0) is 17.6. The van der Waals surface area contributed by atoms with E-state index >= 15 is 0 Å². The Kier molecular flexibility index (Phi) is 5.40. The molecule has 0 saturated carbocycles. The molecule has 6 heteroatoms. The van der Waals surface area contributed by atoms with Crippen LogP contribution in [0.1, 0.15) is 11.4 Å². The smallest absolute Gasteiger partial charge is 0.224 e. The third kappa shape index (κ3) is 4.42. The Morgan fingerprint density at radius 2 is 1.88 bits per heavy atom. The van der Waals surface area contributed by atoms with Crippen LogP contribution in [0.3, 0.4) is 0 Å². The number of imidazole rings is 1. The zero-order valence-corrected chi connectivity index (χ0v) is 14.1. The standard InChI is InChI=1S/C19H21FN4O/c1-24-17-5-3-2-4-16(17)23-18(24)13-21-10-11-22-19(25)12-14-6-8-15(20)9-7-14/h2-9,21H,10-13H2,1H3,(H,22,25). The number of fused-ring (bicyclic) bond motifs is 1. The van der Waals surface area contributed by atoms with Crippen molar-refractivity contribution in [3.05, 3.63) is 65.7 Å². The number of nitrogens with zero attached hydrogens (tertiary/aromatic N) is 2. The first-order chi connectivity index (χ1) is 12.1. The van der Waals surface area contributed by atoms with Crippen LogP contribution >= 0.6 is 0 Å². The minimum atomic E-state index is -0.296. The number of halogens is 1. The van der Waals surface area contributed by atoms with E-state index in [9.17, 15) is 9.18 Å². The summed E-state index contributed by atoms with van der Waals surface area (Å²) in [5, 5.41) is 6.13. The van der Waals surface area contributed by atoms with Gasteiger partial charge in [-0.05, 0) is 29.8 Å². The summed E-state index contributed by atoms with van der Waals surface area (Å²) in [5.74, 6) is 0.588. The van der Waals surface area contributed by atoms with Crippen LogP contribution in [0.2, 0.25) is 0 Å². The van der Waals surface area contributed by atoms with Crippen molar-refractivity contribution in [1.82, 2.24) is 20.2 Å². The Hall–Kier alpha value is -2.73. The van der Waals surface area contributed by atoms with E-state index in [0.29, 0.717) is 19.6 Å². The molecule has 0 aliphatic rings. The fourth-order valence-corrected chi connectivity index (χ4v) is 2.69. The normalized spacial score (nSPS) is 11.0. The third-order valence-electron chi connectivity index (χ3n) is 4.06. The van der Waals surface area contributed by atoms with Crippen LogP contribution in [0.5, 0.6) is 0 Å². The van der Waals surface area contributed by atoms with Gasteiger partial charge in [-0.2, -0.15) is 0 Å². The number of carbonyl (C=O) groups excluding carboxylic acids is 1. The van der Waals surface area contributed by atoms with E-state index in [1.807, 2.05) is 31.3 Å². The predicted molar refractivity (Wildman–Crippen MR) is 95.5 cm³/mol. The van der Waals surface area contributed by atoms with E-state index < -0.39 is 0 Å². The number of aromatic nitrogens is 2. The summed E-state index contributed by atoms with van der Waals surface area (Å²) in [6, 6.07) is 14.0. The lowest BCUT2D eigenvalue weighted by molar-refractivity contribution is -0.120. The van der Waals surface area contributed by atoms with Gasteiger partial charge in [0.25, 0.3) is 0 Å². The molecule has 130 valence electrons. The first-order valence-electron chi connectivity index (χ1n) is 8.25. The van der Waals surface area contributed by atoms with Crippen LogP contribution in [0.25, 0.3) is 11.0 Å². The topological polar surface area (TPSA) is 59.0 Å². The number of nitrogens with one attached hydrogen (secondary N) is 2. The summed E-state index contributed by atoms with van der Waals surface area (Å²) in [5.41, 5.74) is 2.88. The minimum Gasteiger partial charge on any atom is -0.355 e. The van der Waals surface area contributed by atoms with Gasteiger partial charge in [-0.1, -0.05) is 24.3 Å². The summed E-state index contributed by atoms with van der Waals surface area (Å²) in [6.07, 6.45) is 0.255. The van der Waals surface area contributed by atoms with Gasteiger partial charge in [-0.25, -0.2) is 9.37 Å². The second kappa shape index (κ2) is 7.90. The average molecular weight is 340 g/mol. The highest BCUT2D eigenvalue weighted by Gasteiger charge is 2.06. The maximum atomic E-state index is 12.8. The average Bonchev–Trinajstić information content (AvgIpc) is 2.93. The largest absolute Gasteiger partial charge is 0.355 e. The van der Waals surface area contributed by atoms with Gasteiger partial charge < -0.3 is 15.2 Å². The Labute approximate surface area is 145 Å². The van der Waals surface area contributed by atoms with E-state index in [-0.39, 0.29) is 18.1 Å². The van der Waals surface area contributed by atoms with Crippen LogP contribution in [0.15, 0.2) is 48.5 Å². The molecule has 5 nitrogen and oxygen atoms in total. The predicted octanol–water partition coefficient (Wildman–Crippen LogP) is 2.16. The molecular weight excluding hydrogens is 319 g/mol. The molecule has 0 fully saturated rings. The molecule has 0 unspecified atom stereocenters. The SMILES string of the molecule is Cn1c(CNCCNC(=O)Cc2ccc(F)cc2)nc2ccccc21. The van der Waals surface area contributed by atoms with Crippen molar-refractivity contribution in [3.63, 3.8) is 0 Å². The second-order valence-electron chi connectivity index (χ2n) is 5.91. The first-order valence-corrected chi connectivity index (χ1v) is 8.25. The number of rotatable bonds is 7. The number of carbonyl (C=O) groups is 1. The number of hydrogen-bond acceptors (Lipinski definition) is 3. The van der Waals surface area contributed by atoms with Crippen molar-refractivity contribution in [2.24, 2.45) is 7.05 Å². The lowest BCUT2D eigenvalue weighted by Crippen LogP contribution is -2.32. The van der Waals surface area contributed by atoms with Crippen molar-refractivity contribution < 1.29 is 9.18 Å². The number of amides is 1. The molecular formula is C19H21FN4O. The number of aryl methyl sites for hydroxylation is 1. The van der Waals surface area contributed by atoms with Crippen LogP contribution in [-0.4, -0.2) is 28.5 Å². The monoisotopic (exact) mass is 340 g/mol. The molecule has 0 bridgehead atoms. The van der Waals surface area contributed by atoms with Gasteiger partial charge in [0, 0.05) is 20.1 Å². The van der Waals surface area contributed by atoms with Gasteiger partial charge in [0.15, 0.2) is 0 Å². The lowest BCUT2D eigenvalue weighted by atomic mass is 10.1. The van der Waals surface area contributed by atoms with Gasteiger partial charge >= 0.3 is 0 Å². The molecule has 3 rings (SSSR count). The zero-order valence-electron chi connectivity index (χ0n) is 14.1. The molecule has 2 N–H and O–H groups in total. The van der Waals surface area contributed by atoms with E-state index in [4.69, 9.17) is 0 Å². The van der Waals surface area contributed by atoms with Crippen molar-refractivity contribution in [3.8, 4) is 0 Å². The Morgan fingerprint density at radius 3 is 2.64 bits per heavy atom. The van der Waals surface area contributed by atoms with Gasteiger partial charge in [0.2, 0.25) is 5.91 Å². The van der Waals surface area contributed by atoms with Crippen molar-refractivity contribution in [1.29, 1.82) is 0 Å². The summed E-state index contributed by atoms with van der Waals surface area (Å²) in [6.45, 7) is 1.82. The van der Waals surface area contributed by atoms with Crippen LogP contribution in [0.4, 0.5) is 4.39 Å². The van der Waals surface area contributed by atoms with Gasteiger partial charge in [0.05, 0.1) is 24.0 Å². The fourth-order valence-electron chi connectivity index (χ4n) is 2.69. The summed E-state index contributed by atoms with van der Waals surface area (Å²) in [7, 11) is 2.00. The van der Waals surface area contributed by atoms with E-state index in [1.54, 1.807) is 12.1 Å². The van der Waals surface area contributed by atoms with E-state index in [0.717, 1.165) is 22.4 Å². The molecule has 2 aromatic carbocycles. The van der Waals surface area contributed by atoms with Crippen LogP contribution in [-0.2, 0) is 24.8 Å². The highest BCUT2D eigenvalue weighted by atomic mass is 19.1. The number of para-hydroxylation sites is 2. The Morgan fingerprint density at radius 1 is 1.12 bits per heavy atom. The third-order valence-corrected chi connectivity index (χ3v) is 4.06. The molecule has 25 heavy (non-hydrogen) atoms. The van der Waals surface area contributed by atoms with Crippen LogP contribution in [0, 0.1) is 5.82 Å². The molecule has 0 aliphatic heterocycles. The van der Waals surface area contributed by atoms with Crippen molar-refractivity contribution >= 4 is 16.9 Å². The van der Waals surface area contributed by atoms with Gasteiger partial charge in [0.1, 0.15) is 11.6 Å². The highest BCUT2D eigenvalue weighted by Crippen LogP contribution is 2.13. The quantitative estimate of drug-likeness (QED) is 0.648. The molecule has 1 amide bonds. The molecule has 3 aromatic rings. The Bertz CT molecular complexity index is 857. The highest BCUT2D eigenvalue weighted by molar-refractivity contribution is 5.78. The lowest BCUT2D eigenvalue weighted by Gasteiger charge is -2.07. The first kappa shape index (κ1) is 17.1. The Balaban J connectivity index is 1.40. The molecule has 1 aromatic heterocycles. The van der Waals surface area contributed by atoms with E-state index in [2.05, 4.69) is 20.2 Å². The minimum absolute atomic E-state index is 0.0730. The molecule has 0 atom stereocenters. The number of benzene rings is 2. The summed E-state index contributed by atoms with van der Waals surface area (Å²) < 4.78 is 14.9. The molecule has 0 aliphatic carbocycles.